The van der Waals surface area contributed by atoms with Gasteiger partial charge in [-0.25, -0.2) is 4.79 Å². The molecular weight excluding hydrogens is 496 g/mol. The van der Waals surface area contributed by atoms with Gasteiger partial charge in [-0.15, -0.1) is 0 Å². The van der Waals surface area contributed by atoms with Crippen LogP contribution in [0.25, 0.3) is 0 Å². The van der Waals surface area contributed by atoms with Crippen LogP contribution in [0.15, 0.2) is 67.3 Å². The predicted octanol–water partition coefficient (Wildman–Crippen LogP) is 3.40. The Balaban J connectivity index is 1.56. The van der Waals surface area contributed by atoms with Gasteiger partial charge in [-0.2, -0.15) is 0 Å². The Kier molecular flexibility index (Phi) is 9.45. The molecule has 3 atom stereocenters. The highest BCUT2D eigenvalue weighted by Crippen LogP contribution is 2.29. The maximum absolute atomic E-state index is 13.4. The average Bonchev–Trinajstić information content (AvgIpc) is 2.97. The van der Waals surface area contributed by atoms with Crippen LogP contribution in [0.1, 0.15) is 25.0 Å². The number of rotatable bonds is 8. The van der Waals surface area contributed by atoms with Gasteiger partial charge in [-0.3, -0.25) is 19.7 Å². The molecule has 0 fully saturated rings. The van der Waals surface area contributed by atoms with Gasteiger partial charge in [0.05, 0.1) is 31.0 Å². The number of fused-ring (bicyclic) bond motifs is 1. The fourth-order valence-corrected chi connectivity index (χ4v) is 4.63. The number of nitrogens with zero attached hydrogens (tertiary/aromatic N) is 4. The van der Waals surface area contributed by atoms with Crippen LogP contribution in [0, 0.1) is 5.92 Å². The normalized spacial score (nSPS) is 18.3. The first-order valence-electron chi connectivity index (χ1n) is 13.1. The molecule has 0 bridgehead atoms. The molecule has 1 aliphatic heterocycles. The molecule has 39 heavy (non-hydrogen) atoms. The number of benzene rings is 1. The monoisotopic (exact) mass is 532 g/mol. The Bertz CT molecular complexity index is 1240. The molecule has 206 valence electrons. The number of urea groups is 1. The van der Waals surface area contributed by atoms with Gasteiger partial charge in [-0.05, 0) is 62.0 Å². The van der Waals surface area contributed by atoms with Crippen molar-refractivity contribution in [3.8, 4) is 5.75 Å². The van der Waals surface area contributed by atoms with E-state index in [1.807, 2.05) is 26.1 Å². The average molecular weight is 533 g/mol. The van der Waals surface area contributed by atoms with Crippen LogP contribution in [0.4, 0.5) is 16.2 Å². The summed E-state index contributed by atoms with van der Waals surface area (Å²) in [5.74, 6) is 0.502. The molecule has 1 aliphatic rings. The number of anilines is 2. The van der Waals surface area contributed by atoms with Gasteiger partial charge in [0.1, 0.15) is 11.9 Å². The third-order valence-corrected chi connectivity index (χ3v) is 6.79. The number of carbonyl (C=O) groups excluding carboxylic acids is 2. The molecule has 3 heterocycles. The van der Waals surface area contributed by atoms with Crippen molar-refractivity contribution >= 4 is 23.3 Å². The summed E-state index contributed by atoms with van der Waals surface area (Å²) >= 11 is 0. The summed E-state index contributed by atoms with van der Waals surface area (Å²) in [6.07, 6.45) is 6.61. The second-order valence-electron chi connectivity index (χ2n) is 10.1. The molecule has 1 aromatic carbocycles. The van der Waals surface area contributed by atoms with E-state index >= 15 is 0 Å². The van der Waals surface area contributed by atoms with Crippen molar-refractivity contribution in [2.24, 2.45) is 5.92 Å². The van der Waals surface area contributed by atoms with Crippen molar-refractivity contribution in [2.45, 2.75) is 39.0 Å². The first-order valence-corrected chi connectivity index (χ1v) is 13.1. The number of carbonyl (C=O) groups is 2. The summed E-state index contributed by atoms with van der Waals surface area (Å²) in [7, 11) is 2.04. The minimum absolute atomic E-state index is 0.00292. The van der Waals surface area contributed by atoms with E-state index in [0.29, 0.717) is 35.8 Å². The van der Waals surface area contributed by atoms with E-state index in [2.05, 4.69) is 32.4 Å². The molecule has 10 nitrogen and oxygen atoms in total. The minimum atomic E-state index is -0.418. The van der Waals surface area contributed by atoms with Crippen molar-refractivity contribution in [1.82, 2.24) is 19.8 Å². The molecule has 10 heteroatoms. The number of likely N-dealkylation sites (N-methyl/N-ethyl adjacent to an activating group) is 1. The molecule has 3 amide bonds. The number of hydrogen-bond donors (Lipinski definition) is 3. The number of nitrogens with one attached hydrogen (secondary N) is 2. The van der Waals surface area contributed by atoms with Gasteiger partial charge in [0.2, 0.25) is 5.91 Å². The van der Waals surface area contributed by atoms with Gasteiger partial charge in [0.15, 0.2) is 0 Å². The quantitative estimate of drug-likeness (QED) is 0.407. The summed E-state index contributed by atoms with van der Waals surface area (Å²) in [4.78, 5) is 38.0. The molecule has 0 spiro atoms. The summed E-state index contributed by atoms with van der Waals surface area (Å²) in [5.41, 5.74) is 2.92. The van der Waals surface area contributed by atoms with Gasteiger partial charge < -0.3 is 25.4 Å². The highest BCUT2D eigenvalue weighted by Gasteiger charge is 2.31. The second kappa shape index (κ2) is 13.2. The van der Waals surface area contributed by atoms with Crippen LogP contribution in [-0.4, -0.2) is 75.7 Å². The Morgan fingerprint density at radius 2 is 1.92 bits per heavy atom. The van der Waals surface area contributed by atoms with Crippen molar-refractivity contribution in [1.29, 1.82) is 0 Å². The largest absolute Gasteiger partial charge is 0.488 e. The van der Waals surface area contributed by atoms with Gasteiger partial charge in [0.25, 0.3) is 0 Å². The van der Waals surface area contributed by atoms with Crippen LogP contribution in [0.3, 0.4) is 0 Å². The molecule has 0 saturated heterocycles. The number of aliphatic hydroxyl groups is 1. The Morgan fingerprint density at radius 3 is 2.64 bits per heavy atom. The standard InChI is InChI=1S/C29H36N6O4/c1-20-16-35(21(2)19-36)28(37)14-23-13-24(32-29(38)33-25-5-4-10-31-15-25)6-7-26(23)39-27(20)18-34(3)17-22-8-11-30-12-9-22/h4-13,15,20-21,27,36H,14,16-19H2,1-3H3,(H2,32,33,38)/t20-,21+,27+/m1/s1. The lowest BCUT2D eigenvalue weighted by atomic mass is 10.0. The van der Waals surface area contributed by atoms with Crippen LogP contribution in [0.2, 0.25) is 0 Å². The molecule has 0 aliphatic carbocycles. The van der Waals surface area contributed by atoms with E-state index in [4.69, 9.17) is 4.74 Å². The maximum Gasteiger partial charge on any atom is 0.323 e. The number of amides is 3. The zero-order chi connectivity index (χ0) is 27.8. The van der Waals surface area contributed by atoms with E-state index in [1.54, 1.807) is 60.0 Å². The lowest BCUT2D eigenvalue weighted by Crippen LogP contribution is -2.47. The van der Waals surface area contributed by atoms with E-state index in [0.717, 1.165) is 12.1 Å². The van der Waals surface area contributed by atoms with Gasteiger partial charge in [0, 0.05) is 55.4 Å². The third kappa shape index (κ3) is 7.75. The zero-order valence-corrected chi connectivity index (χ0v) is 22.6. The molecule has 2 aromatic heterocycles. The summed E-state index contributed by atoms with van der Waals surface area (Å²) < 4.78 is 6.57. The van der Waals surface area contributed by atoms with E-state index in [-0.39, 0.29) is 37.0 Å². The summed E-state index contributed by atoms with van der Waals surface area (Å²) in [6.45, 7) is 5.60. The molecule has 3 aromatic rings. The van der Waals surface area contributed by atoms with E-state index < -0.39 is 6.03 Å². The van der Waals surface area contributed by atoms with Gasteiger partial charge >= 0.3 is 6.03 Å². The van der Waals surface area contributed by atoms with Crippen LogP contribution in [0.5, 0.6) is 5.75 Å². The summed E-state index contributed by atoms with van der Waals surface area (Å²) in [6, 6.07) is 12.0. The van der Waals surface area contributed by atoms with Crippen LogP contribution < -0.4 is 15.4 Å². The predicted molar refractivity (Wildman–Crippen MR) is 149 cm³/mol. The maximum atomic E-state index is 13.4. The molecule has 3 N–H and O–H groups in total. The third-order valence-electron chi connectivity index (χ3n) is 6.79. The smallest absolute Gasteiger partial charge is 0.323 e. The first-order chi connectivity index (χ1) is 18.8. The SMILES string of the molecule is C[C@@H]1CN([C@@H](C)CO)C(=O)Cc2cc(NC(=O)Nc3cccnc3)ccc2O[C@H]1CN(C)Cc1ccncc1. The fraction of sp³-hybridized carbons (Fsp3) is 0.379. The molecular formula is C29H36N6O4. The van der Waals surface area contributed by atoms with Gasteiger partial charge in [-0.1, -0.05) is 6.92 Å². The van der Waals surface area contributed by atoms with Crippen LogP contribution >= 0.6 is 0 Å². The highest BCUT2D eigenvalue weighted by atomic mass is 16.5. The Hall–Kier alpha value is -4.02. The first kappa shape index (κ1) is 28.0. The topological polar surface area (TPSA) is 120 Å². The number of aromatic nitrogens is 2. The van der Waals surface area contributed by atoms with E-state index in [1.165, 1.54) is 0 Å². The number of hydrogen-bond acceptors (Lipinski definition) is 7. The zero-order valence-electron chi connectivity index (χ0n) is 22.6. The van der Waals surface area contributed by atoms with Crippen molar-refractivity contribution in [3.63, 3.8) is 0 Å². The fourth-order valence-electron chi connectivity index (χ4n) is 4.63. The Labute approximate surface area is 229 Å². The summed E-state index contributed by atoms with van der Waals surface area (Å²) in [5, 5.41) is 15.4. The number of ether oxygens (including phenoxy) is 1. The molecule has 0 saturated carbocycles. The van der Waals surface area contributed by atoms with E-state index in [9.17, 15) is 14.7 Å². The molecule has 4 rings (SSSR count). The number of pyridine rings is 2. The molecule has 0 radical (unpaired) electrons. The van der Waals surface area contributed by atoms with Crippen molar-refractivity contribution in [3.05, 3.63) is 78.4 Å². The molecule has 0 unspecified atom stereocenters. The lowest BCUT2D eigenvalue weighted by Gasteiger charge is -2.34. The minimum Gasteiger partial charge on any atom is -0.488 e. The second-order valence-corrected chi connectivity index (χ2v) is 10.1. The van der Waals surface area contributed by atoms with Crippen molar-refractivity contribution in [2.75, 3.05) is 37.4 Å². The Morgan fingerprint density at radius 1 is 1.15 bits per heavy atom. The van der Waals surface area contributed by atoms with Crippen molar-refractivity contribution < 1.29 is 19.4 Å². The number of aliphatic hydroxyl groups excluding tert-OH is 1. The van der Waals surface area contributed by atoms with Crippen LogP contribution in [-0.2, 0) is 17.8 Å². The highest BCUT2D eigenvalue weighted by molar-refractivity contribution is 5.99. The lowest BCUT2D eigenvalue weighted by molar-refractivity contribution is -0.134.